The molecule has 0 radical (unpaired) electrons. The molecule has 0 aliphatic heterocycles. The van der Waals surface area contributed by atoms with Crippen LogP contribution in [0.15, 0.2) is 78.9 Å². The van der Waals surface area contributed by atoms with E-state index >= 15 is 0 Å². The van der Waals surface area contributed by atoms with Crippen LogP contribution in [0.2, 0.25) is 0 Å². The molecular weight excluding hydrogens is 624 g/mol. The molecule has 5 N–H and O–H groups in total. The zero-order valence-corrected chi connectivity index (χ0v) is 26.5. The second kappa shape index (κ2) is 14.7. The smallest absolute Gasteiger partial charge is 0.237 e. The maximum absolute atomic E-state index is 14.2. The van der Waals surface area contributed by atoms with Gasteiger partial charge in [-0.1, -0.05) is 18.2 Å². The average Bonchev–Trinajstić information content (AvgIpc) is 3.42. The van der Waals surface area contributed by atoms with E-state index in [-0.39, 0.29) is 19.4 Å². The molecule has 5 rings (SSSR count). The van der Waals surface area contributed by atoms with E-state index in [2.05, 4.69) is 24.1 Å². The summed E-state index contributed by atoms with van der Waals surface area (Å²) < 4.78 is 56.8. The molecule has 48 heavy (non-hydrogen) atoms. The minimum atomic E-state index is -1.13. The number of nitrogens with zero attached hydrogens (tertiary/aromatic N) is 3. The lowest BCUT2D eigenvalue weighted by atomic mass is 10.0. The normalized spacial score (nSPS) is 12.6. The molecule has 0 saturated heterocycles. The standard InChI is InChI=1S/C36H36F4N6O2/c1-3-45(4-2)25-10-7-23(8-11-25)35-43-32-18-24(9-14-33(32)46(35)20-22-6-13-27(38)29(40)16-22)31(19-34(42)47)44-36(48)30(41)17-21-5-12-26(37)28(39)15-21/h5-16,18,30-31H,3-4,17,19-20,41H2,1-2H3,(H2,42,47)(H,44,48)/t30-,31?/m0/s1. The third-order valence-electron chi connectivity index (χ3n) is 8.25. The van der Waals surface area contributed by atoms with Crippen LogP contribution >= 0.6 is 0 Å². The van der Waals surface area contributed by atoms with Crippen LogP contribution < -0.4 is 21.7 Å². The summed E-state index contributed by atoms with van der Waals surface area (Å²) in [7, 11) is 0. The summed E-state index contributed by atoms with van der Waals surface area (Å²) >= 11 is 0. The van der Waals surface area contributed by atoms with Gasteiger partial charge in [0.1, 0.15) is 5.82 Å². The summed E-state index contributed by atoms with van der Waals surface area (Å²) in [6.07, 6.45) is -0.319. The van der Waals surface area contributed by atoms with Gasteiger partial charge in [0.05, 0.1) is 29.5 Å². The maximum atomic E-state index is 14.2. The lowest BCUT2D eigenvalue weighted by molar-refractivity contribution is -0.123. The highest BCUT2D eigenvalue weighted by Crippen LogP contribution is 2.30. The van der Waals surface area contributed by atoms with Crippen LogP contribution in [0.25, 0.3) is 22.4 Å². The molecule has 0 spiro atoms. The summed E-state index contributed by atoms with van der Waals surface area (Å²) in [6.45, 7) is 6.01. The van der Waals surface area contributed by atoms with Gasteiger partial charge in [-0.3, -0.25) is 9.59 Å². The first-order valence-electron chi connectivity index (χ1n) is 15.5. The third kappa shape index (κ3) is 7.66. The number of amides is 2. The van der Waals surface area contributed by atoms with Gasteiger partial charge >= 0.3 is 0 Å². The molecule has 2 atom stereocenters. The fourth-order valence-electron chi connectivity index (χ4n) is 5.72. The Balaban J connectivity index is 1.50. The van der Waals surface area contributed by atoms with Crippen LogP contribution in [0.4, 0.5) is 23.2 Å². The number of aromatic nitrogens is 2. The van der Waals surface area contributed by atoms with Crippen molar-refractivity contribution in [1.29, 1.82) is 0 Å². The van der Waals surface area contributed by atoms with Gasteiger partial charge in [-0.2, -0.15) is 0 Å². The van der Waals surface area contributed by atoms with Crippen molar-refractivity contribution in [2.75, 3.05) is 18.0 Å². The molecule has 1 aromatic heterocycles. The highest BCUT2D eigenvalue weighted by Gasteiger charge is 2.24. The molecule has 0 saturated carbocycles. The van der Waals surface area contributed by atoms with Crippen LogP contribution in [0.1, 0.15) is 43.0 Å². The van der Waals surface area contributed by atoms with Crippen molar-refractivity contribution in [1.82, 2.24) is 14.9 Å². The molecule has 1 unspecified atom stereocenters. The average molecular weight is 661 g/mol. The molecular formula is C36H36F4N6O2. The van der Waals surface area contributed by atoms with Gasteiger partial charge in [-0.15, -0.1) is 0 Å². The number of benzene rings is 4. The Hall–Kier alpha value is -5.23. The minimum absolute atomic E-state index is 0.0732. The zero-order valence-electron chi connectivity index (χ0n) is 26.5. The summed E-state index contributed by atoms with van der Waals surface area (Å²) in [5.41, 5.74) is 16.0. The Bertz CT molecular complexity index is 1940. The predicted molar refractivity (Wildman–Crippen MR) is 177 cm³/mol. The number of nitrogens with two attached hydrogens (primary N) is 2. The SMILES string of the molecule is CCN(CC)c1ccc(-c2nc3cc(C(CC(N)=O)NC(=O)[C@@H](N)Cc4ccc(F)c(F)c4)ccc3n2Cc2ccc(F)c(F)c2)cc1. The van der Waals surface area contributed by atoms with E-state index in [1.807, 2.05) is 28.8 Å². The van der Waals surface area contributed by atoms with Crippen LogP contribution in [0, 0.1) is 23.3 Å². The molecule has 5 aromatic rings. The van der Waals surface area contributed by atoms with E-state index in [0.29, 0.717) is 33.5 Å². The van der Waals surface area contributed by atoms with E-state index in [1.165, 1.54) is 12.1 Å². The van der Waals surface area contributed by atoms with Crippen molar-refractivity contribution < 1.29 is 27.2 Å². The minimum Gasteiger partial charge on any atom is -0.372 e. The number of carbonyl (C=O) groups excluding carboxylic acids is 2. The number of nitrogens with one attached hydrogen (secondary N) is 1. The second-order valence-corrected chi connectivity index (χ2v) is 11.5. The summed E-state index contributed by atoms with van der Waals surface area (Å²) in [4.78, 5) is 32.3. The fourth-order valence-corrected chi connectivity index (χ4v) is 5.72. The first kappa shape index (κ1) is 34.1. The first-order valence-corrected chi connectivity index (χ1v) is 15.5. The van der Waals surface area contributed by atoms with Gasteiger partial charge in [0, 0.05) is 30.9 Å². The van der Waals surface area contributed by atoms with Crippen LogP contribution in [0.3, 0.4) is 0 Å². The quantitative estimate of drug-likeness (QED) is 0.139. The van der Waals surface area contributed by atoms with Gasteiger partial charge in [-0.25, -0.2) is 22.5 Å². The number of hydrogen-bond donors (Lipinski definition) is 3. The van der Waals surface area contributed by atoms with E-state index in [0.717, 1.165) is 48.6 Å². The Labute approximate surface area is 275 Å². The van der Waals surface area contributed by atoms with E-state index in [9.17, 15) is 27.2 Å². The van der Waals surface area contributed by atoms with E-state index < -0.39 is 47.2 Å². The fraction of sp³-hybridized carbons (Fsp3) is 0.250. The molecule has 0 bridgehead atoms. The number of primary amides is 1. The second-order valence-electron chi connectivity index (χ2n) is 11.5. The monoisotopic (exact) mass is 660 g/mol. The number of imidazole rings is 1. The number of rotatable bonds is 13. The Kier molecular flexibility index (Phi) is 10.4. The lowest BCUT2D eigenvalue weighted by Gasteiger charge is -2.21. The largest absolute Gasteiger partial charge is 0.372 e. The van der Waals surface area contributed by atoms with Crippen LogP contribution in [-0.2, 0) is 22.6 Å². The van der Waals surface area contributed by atoms with Gasteiger partial charge in [0.15, 0.2) is 23.3 Å². The highest BCUT2D eigenvalue weighted by molar-refractivity contribution is 5.85. The first-order chi connectivity index (χ1) is 23.0. The van der Waals surface area contributed by atoms with Crippen molar-refractivity contribution >= 4 is 28.5 Å². The highest BCUT2D eigenvalue weighted by atomic mass is 19.2. The molecule has 0 fully saturated rings. The molecule has 4 aromatic carbocycles. The predicted octanol–water partition coefficient (Wildman–Crippen LogP) is 5.76. The van der Waals surface area contributed by atoms with Gasteiger partial charge < -0.3 is 26.3 Å². The Morgan fingerprint density at radius 3 is 2.06 bits per heavy atom. The maximum Gasteiger partial charge on any atom is 0.237 e. The number of halogens is 4. The molecule has 12 heteroatoms. The van der Waals surface area contributed by atoms with Crippen LogP contribution in [-0.4, -0.2) is 40.5 Å². The molecule has 8 nitrogen and oxygen atoms in total. The third-order valence-corrected chi connectivity index (χ3v) is 8.25. The molecule has 0 aliphatic rings. The number of fused-ring (bicyclic) bond motifs is 1. The number of hydrogen-bond acceptors (Lipinski definition) is 5. The summed E-state index contributed by atoms with van der Waals surface area (Å²) in [5, 5.41) is 2.76. The van der Waals surface area contributed by atoms with Gasteiger partial charge in [-0.05, 0) is 97.6 Å². The number of anilines is 1. The molecule has 0 aliphatic carbocycles. The topological polar surface area (TPSA) is 119 Å². The van der Waals surface area contributed by atoms with E-state index in [1.54, 1.807) is 18.2 Å². The number of carbonyl (C=O) groups is 2. The van der Waals surface area contributed by atoms with Crippen molar-refractivity contribution in [3.05, 3.63) is 119 Å². The van der Waals surface area contributed by atoms with Crippen molar-refractivity contribution in [2.45, 2.75) is 45.3 Å². The van der Waals surface area contributed by atoms with Crippen molar-refractivity contribution in [3.8, 4) is 11.4 Å². The molecule has 2 amide bonds. The zero-order chi connectivity index (χ0) is 34.5. The van der Waals surface area contributed by atoms with Crippen LogP contribution in [0.5, 0.6) is 0 Å². The molecule has 1 heterocycles. The molecule has 250 valence electrons. The Morgan fingerprint density at radius 2 is 1.46 bits per heavy atom. The summed E-state index contributed by atoms with van der Waals surface area (Å²) in [5.74, 6) is -4.70. The Morgan fingerprint density at radius 1 is 0.833 bits per heavy atom. The van der Waals surface area contributed by atoms with Gasteiger partial charge in [0.2, 0.25) is 11.8 Å². The van der Waals surface area contributed by atoms with E-state index in [4.69, 9.17) is 16.5 Å². The van der Waals surface area contributed by atoms with Crippen molar-refractivity contribution in [2.24, 2.45) is 11.5 Å². The summed E-state index contributed by atoms with van der Waals surface area (Å²) in [6, 6.07) is 18.1. The van der Waals surface area contributed by atoms with Crippen molar-refractivity contribution in [3.63, 3.8) is 0 Å². The van der Waals surface area contributed by atoms with Gasteiger partial charge in [0.25, 0.3) is 0 Å². The lowest BCUT2D eigenvalue weighted by Crippen LogP contribution is -2.44.